The van der Waals surface area contributed by atoms with Gasteiger partial charge < -0.3 is 5.32 Å². The van der Waals surface area contributed by atoms with Crippen LogP contribution in [0, 0.1) is 9.11 Å². The highest BCUT2D eigenvalue weighted by molar-refractivity contribution is 14.1. The summed E-state index contributed by atoms with van der Waals surface area (Å²) in [7, 11) is 1.61. The van der Waals surface area contributed by atoms with Crippen molar-refractivity contribution in [1.82, 2.24) is 20.4 Å². The first-order chi connectivity index (χ1) is 9.40. The smallest absolute Gasteiger partial charge is 0.231 e. The molecule has 3 rings (SSSR count). The highest BCUT2D eigenvalue weighted by Gasteiger charge is 2.37. The number of hydrogen-bond donors (Lipinski definition) is 3. The fourth-order valence-electron chi connectivity index (χ4n) is 2.43. The van der Waals surface area contributed by atoms with Gasteiger partial charge in [0.15, 0.2) is 5.96 Å². The molecule has 0 aliphatic carbocycles. The zero-order valence-corrected chi connectivity index (χ0v) is 13.3. The Morgan fingerprint density at radius 2 is 2.25 bits per heavy atom. The quantitative estimate of drug-likeness (QED) is 0.657. The number of amides is 1. The normalized spacial score (nSPS) is 23.2. The van der Waals surface area contributed by atoms with Crippen LogP contribution in [0.5, 0.6) is 0 Å². The molecule has 2 heterocycles. The molecule has 104 valence electrons. The van der Waals surface area contributed by atoms with Gasteiger partial charge in [0.2, 0.25) is 5.91 Å². The third-order valence-electron chi connectivity index (χ3n) is 3.76. The molecule has 1 atom stereocenters. The van der Waals surface area contributed by atoms with Crippen molar-refractivity contribution in [1.29, 1.82) is 5.41 Å². The number of guanidine groups is 1. The van der Waals surface area contributed by atoms with Crippen LogP contribution in [-0.2, 0) is 10.3 Å². The van der Waals surface area contributed by atoms with Crippen LogP contribution in [0.25, 0.3) is 10.9 Å². The average Bonchev–Trinajstić information content (AvgIpc) is 2.77. The second kappa shape index (κ2) is 4.44. The van der Waals surface area contributed by atoms with E-state index >= 15 is 0 Å². The molecule has 1 aromatic carbocycles. The average molecular weight is 383 g/mol. The lowest BCUT2D eigenvalue weighted by molar-refractivity contribution is -0.129. The zero-order chi connectivity index (χ0) is 14.5. The van der Waals surface area contributed by atoms with E-state index in [9.17, 15) is 4.79 Å². The molecule has 0 unspecified atom stereocenters. The third-order valence-corrected chi connectivity index (χ3v) is 4.58. The first-order valence-corrected chi connectivity index (χ1v) is 7.26. The zero-order valence-electron chi connectivity index (χ0n) is 11.1. The van der Waals surface area contributed by atoms with Crippen molar-refractivity contribution in [2.45, 2.75) is 18.9 Å². The van der Waals surface area contributed by atoms with E-state index in [1.807, 2.05) is 25.1 Å². The maximum Gasteiger partial charge on any atom is 0.231 e. The first kappa shape index (κ1) is 13.3. The lowest BCUT2D eigenvalue weighted by Crippen LogP contribution is -2.58. The minimum absolute atomic E-state index is 0.0572. The van der Waals surface area contributed by atoms with E-state index < -0.39 is 5.54 Å². The van der Waals surface area contributed by atoms with Crippen LogP contribution in [-0.4, -0.2) is 34.0 Å². The summed E-state index contributed by atoms with van der Waals surface area (Å²) in [6.45, 7) is 1.94. The number of aromatic nitrogens is 2. The molecule has 3 N–H and O–H groups in total. The Morgan fingerprint density at radius 3 is 2.95 bits per heavy atom. The molecule has 1 aromatic heterocycles. The summed E-state index contributed by atoms with van der Waals surface area (Å²) in [4.78, 5) is 13.3. The summed E-state index contributed by atoms with van der Waals surface area (Å²) >= 11 is 2.18. The SMILES string of the molecule is CN1C(=N)N[C@](C)(c2ccc3[nH]nc(I)c3c2)CC1=O. The Kier molecular flexibility index (Phi) is 2.96. The number of carbonyl (C=O) groups excluding carboxylic acids is 1. The number of halogens is 1. The van der Waals surface area contributed by atoms with Crippen LogP contribution in [0.3, 0.4) is 0 Å². The number of benzene rings is 1. The van der Waals surface area contributed by atoms with Gasteiger partial charge in [0.25, 0.3) is 0 Å². The molecule has 0 saturated carbocycles. The monoisotopic (exact) mass is 383 g/mol. The van der Waals surface area contributed by atoms with Gasteiger partial charge in [-0.25, -0.2) is 0 Å². The van der Waals surface area contributed by atoms with E-state index in [1.54, 1.807) is 7.05 Å². The molecule has 20 heavy (non-hydrogen) atoms. The number of rotatable bonds is 1. The van der Waals surface area contributed by atoms with Crippen molar-refractivity contribution < 1.29 is 4.79 Å². The third kappa shape index (κ3) is 1.96. The topological polar surface area (TPSA) is 84.9 Å². The molecule has 1 aliphatic rings. The molecule has 7 heteroatoms. The number of carbonyl (C=O) groups is 1. The number of fused-ring (bicyclic) bond motifs is 1. The Balaban J connectivity index is 2.07. The summed E-state index contributed by atoms with van der Waals surface area (Å²) in [6, 6.07) is 5.95. The van der Waals surface area contributed by atoms with Crippen LogP contribution in [0.15, 0.2) is 18.2 Å². The number of nitrogens with zero attached hydrogens (tertiary/aromatic N) is 2. The fourth-order valence-corrected chi connectivity index (χ4v) is 3.00. The second-order valence-electron chi connectivity index (χ2n) is 5.21. The summed E-state index contributed by atoms with van der Waals surface area (Å²) in [6.07, 6.45) is 0.325. The van der Waals surface area contributed by atoms with Gasteiger partial charge in [-0.05, 0) is 47.2 Å². The van der Waals surface area contributed by atoms with Gasteiger partial charge >= 0.3 is 0 Å². The summed E-state index contributed by atoms with van der Waals surface area (Å²) < 4.78 is 0.900. The minimum Gasteiger partial charge on any atom is -0.346 e. The Labute approximate surface area is 129 Å². The van der Waals surface area contributed by atoms with Crippen molar-refractivity contribution in [2.24, 2.45) is 0 Å². The van der Waals surface area contributed by atoms with Crippen molar-refractivity contribution in [3.05, 3.63) is 27.5 Å². The Hall–Kier alpha value is -1.64. The summed E-state index contributed by atoms with van der Waals surface area (Å²) in [5, 5.41) is 19.2. The van der Waals surface area contributed by atoms with Crippen molar-refractivity contribution in [3.8, 4) is 0 Å². The van der Waals surface area contributed by atoms with Crippen LogP contribution < -0.4 is 5.32 Å². The van der Waals surface area contributed by atoms with Gasteiger partial charge in [-0.1, -0.05) is 6.07 Å². The van der Waals surface area contributed by atoms with Gasteiger partial charge in [0.05, 0.1) is 17.5 Å². The van der Waals surface area contributed by atoms with Crippen LogP contribution in [0.1, 0.15) is 18.9 Å². The van der Waals surface area contributed by atoms with E-state index in [1.165, 1.54) is 4.90 Å². The Bertz CT molecular complexity index is 705. The molecule has 1 aliphatic heterocycles. The van der Waals surface area contributed by atoms with Gasteiger partial charge in [0.1, 0.15) is 3.70 Å². The number of aromatic amines is 1. The van der Waals surface area contributed by atoms with Crippen LogP contribution in [0.2, 0.25) is 0 Å². The largest absolute Gasteiger partial charge is 0.346 e. The number of hydrogen-bond acceptors (Lipinski definition) is 3. The predicted molar refractivity (Wildman–Crippen MR) is 84.4 cm³/mol. The number of nitrogens with one attached hydrogen (secondary N) is 3. The molecular weight excluding hydrogens is 369 g/mol. The van der Waals surface area contributed by atoms with E-state index in [0.29, 0.717) is 6.42 Å². The van der Waals surface area contributed by atoms with Crippen LogP contribution >= 0.6 is 22.6 Å². The maximum absolute atomic E-state index is 12.0. The Morgan fingerprint density at radius 1 is 1.50 bits per heavy atom. The van der Waals surface area contributed by atoms with E-state index in [-0.39, 0.29) is 11.9 Å². The van der Waals surface area contributed by atoms with Crippen molar-refractivity contribution in [2.75, 3.05) is 7.05 Å². The lowest BCUT2D eigenvalue weighted by atomic mass is 9.86. The first-order valence-electron chi connectivity index (χ1n) is 6.18. The van der Waals surface area contributed by atoms with E-state index in [2.05, 4.69) is 38.1 Å². The molecule has 0 radical (unpaired) electrons. The highest BCUT2D eigenvalue weighted by Crippen LogP contribution is 2.31. The van der Waals surface area contributed by atoms with E-state index in [4.69, 9.17) is 5.41 Å². The van der Waals surface area contributed by atoms with Gasteiger partial charge in [-0.2, -0.15) is 5.10 Å². The van der Waals surface area contributed by atoms with Gasteiger partial charge in [-0.3, -0.25) is 20.2 Å². The molecule has 0 bridgehead atoms. The maximum atomic E-state index is 12.0. The molecule has 1 amide bonds. The number of H-pyrrole nitrogens is 1. The van der Waals surface area contributed by atoms with Crippen molar-refractivity contribution >= 4 is 45.4 Å². The summed E-state index contributed by atoms with van der Waals surface area (Å²) in [5.41, 5.74) is 1.39. The van der Waals surface area contributed by atoms with Crippen molar-refractivity contribution in [3.63, 3.8) is 0 Å². The molecule has 1 saturated heterocycles. The molecule has 0 spiro atoms. The van der Waals surface area contributed by atoms with Crippen LogP contribution in [0.4, 0.5) is 0 Å². The second-order valence-corrected chi connectivity index (χ2v) is 6.23. The molecule has 1 fully saturated rings. The minimum atomic E-state index is -0.560. The predicted octanol–water partition coefficient (Wildman–Crippen LogP) is 1.77. The molecule has 2 aromatic rings. The van der Waals surface area contributed by atoms with Gasteiger partial charge in [-0.15, -0.1) is 0 Å². The van der Waals surface area contributed by atoms with Gasteiger partial charge in [0, 0.05) is 12.4 Å². The fraction of sp³-hybridized carbons (Fsp3) is 0.308. The highest BCUT2D eigenvalue weighted by atomic mass is 127. The lowest BCUT2D eigenvalue weighted by Gasteiger charge is -2.39. The van der Waals surface area contributed by atoms with E-state index in [0.717, 1.165) is 20.2 Å². The molecule has 6 nitrogen and oxygen atoms in total. The summed E-state index contributed by atoms with van der Waals surface area (Å²) in [5.74, 6) is 0.0731. The standard InChI is InChI=1S/C13H14IN5O/c1-13(6-10(20)19(2)12(15)16-13)7-3-4-9-8(5-7)11(14)18-17-9/h3-5H,6H2,1-2H3,(H2,15,16)(H,17,18)/t13-/m0/s1. The molecular formula is C13H14IN5O.